The molecule has 0 saturated heterocycles. The molecule has 1 rings (SSSR count). The molecule has 4 heteroatoms. The number of nitrogens with zero attached hydrogens (tertiary/aromatic N) is 1. The van der Waals surface area contributed by atoms with Crippen molar-refractivity contribution in [2.24, 2.45) is 5.73 Å². The van der Waals surface area contributed by atoms with Crippen molar-refractivity contribution in [1.82, 2.24) is 10.3 Å². The Labute approximate surface area is 96.3 Å². The van der Waals surface area contributed by atoms with E-state index >= 15 is 0 Å². The van der Waals surface area contributed by atoms with Crippen molar-refractivity contribution in [2.75, 3.05) is 0 Å². The summed E-state index contributed by atoms with van der Waals surface area (Å²) in [6.45, 7) is 6.50. The lowest BCUT2D eigenvalue weighted by Gasteiger charge is -2.24. The van der Waals surface area contributed by atoms with Crippen LogP contribution in [0.2, 0.25) is 0 Å². The third-order valence-corrected chi connectivity index (χ3v) is 2.31. The molecule has 0 aliphatic rings. The van der Waals surface area contributed by atoms with Crippen LogP contribution in [-0.4, -0.2) is 16.4 Å². The Morgan fingerprint density at radius 3 is 2.75 bits per heavy atom. The van der Waals surface area contributed by atoms with Crippen LogP contribution in [0.1, 0.15) is 31.7 Å². The molecule has 4 nitrogen and oxygen atoms in total. The standard InChI is InChI=1S/C12H19N3O/c1-9-5-4-6-10(15-9)8-14-12(2,3)7-11(13)16/h4-6,14H,7-8H2,1-3H3,(H2,13,16). The van der Waals surface area contributed by atoms with Gasteiger partial charge in [0.25, 0.3) is 0 Å². The maximum Gasteiger partial charge on any atom is 0.219 e. The highest BCUT2D eigenvalue weighted by Gasteiger charge is 2.19. The fourth-order valence-corrected chi connectivity index (χ4v) is 1.53. The van der Waals surface area contributed by atoms with Crippen LogP contribution in [0.4, 0.5) is 0 Å². The van der Waals surface area contributed by atoms with Crippen molar-refractivity contribution in [3.63, 3.8) is 0 Å². The number of aromatic nitrogens is 1. The first kappa shape index (κ1) is 12.6. The highest BCUT2D eigenvalue weighted by molar-refractivity contribution is 5.74. The van der Waals surface area contributed by atoms with Gasteiger partial charge in [-0.3, -0.25) is 9.78 Å². The molecule has 0 aromatic carbocycles. The van der Waals surface area contributed by atoms with Gasteiger partial charge in [-0.05, 0) is 32.9 Å². The van der Waals surface area contributed by atoms with E-state index in [1.54, 1.807) is 0 Å². The number of hydrogen-bond acceptors (Lipinski definition) is 3. The third-order valence-electron chi connectivity index (χ3n) is 2.31. The predicted molar refractivity (Wildman–Crippen MR) is 63.7 cm³/mol. The molecule has 88 valence electrons. The molecule has 3 N–H and O–H groups in total. The van der Waals surface area contributed by atoms with Gasteiger partial charge in [0.15, 0.2) is 0 Å². The zero-order chi connectivity index (χ0) is 12.2. The molecular weight excluding hydrogens is 202 g/mol. The minimum absolute atomic E-state index is 0.294. The van der Waals surface area contributed by atoms with Gasteiger partial charge < -0.3 is 11.1 Å². The summed E-state index contributed by atoms with van der Waals surface area (Å²) >= 11 is 0. The Bertz CT molecular complexity index is 374. The first-order chi connectivity index (χ1) is 7.39. The monoisotopic (exact) mass is 221 g/mol. The number of hydrogen-bond donors (Lipinski definition) is 2. The Morgan fingerprint density at radius 1 is 1.50 bits per heavy atom. The van der Waals surface area contributed by atoms with Crippen LogP contribution in [0, 0.1) is 6.92 Å². The Hall–Kier alpha value is -1.42. The number of aryl methyl sites for hydroxylation is 1. The SMILES string of the molecule is Cc1cccc(CNC(C)(C)CC(N)=O)n1. The molecule has 0 radical (unpaired) electrons. The summed E-state index contributed by atoms with van der Waals surface area (Å²) in [6.07, 6.45) is 0.318. The van der Waals surface area contributed by atoms with E-state index in [1.165, 1.54) is 0 Å². The van der Waals surface area contributed by atoms with E-state index in [1.807, 2.05) is 39.0 Å². The molecule has 0 fully saturated rings. The van der Waals surface area contributed by atoms with Gasteiger partial charge in [-0.1, -0.05) is 6.07 Å². The number of carbonyl (C=O) groups excluding carboxylic acids is 1. The smallest absolute Gasteiger partial charge is 0.219 e. The van der Waals surface area contributed by atoms with Crippen LogP contribution in [-0.2, 0) is 11.3 Å². The van der Waals surface area contributed by atoms with E-state index in [2.05, 4.69) is 10.3 Å². The predicted octanol–water partition coefficient (Wildman–Crippen LogP) is 1.13. The van der Waals surface area contributed by atoms with Crippen molar-refractivity contribution < 1.29 is 4.79 Å². The van der Waals surface area contributed by atoms with Gasteiger partial charge in [-0.2, -0.15) is 0 Å². The molecule has 0 saturated carbocycles. The highest BCUT2D eigenvalue weighted by Crippen LogP contribution is 2.09. The van der Waals surface area contributed by atoms with Crippen molar-refractivity contribution in [3.05, 3.63) is 29.6 Å². The summed E-state index contributed by atoms with van der Waals surface area (Å²) in [5, 5.41) is 3.27. The van der Waals surface area contributed by atoms with Crippen molar-refractivity contribution in [3.8, 4) is 0 Å². The van der Waals surface area contributed by atoms with Crippen LogP contribution < -0.4 is 11.1 Å². The van der Waals surface area contributed by atoms with Crippen molar-refractivity contribution in [2.45, 2.75) is 39.3 Å². The largest absolute Gasteiger partial charge is 0.370 e. The minimum Gasteiger partial charge on any atom is -0.370 e. The van der Waals surface area contributed by atoms with Crippen LogP contribution in [0.15, 0.2) is 18.2 Å². The topological polar surface area (TPSA) is 68.0 Å². The summed E-state index contributed by atoms with van der Waals surface area (Å²) < 4.78 is 0. The number of nitrogens with two attached hydrogens (primary N) is 1. The molecular formula is C12H19N3O. The number of carbonyl (C=O) groups is 1. The number of amides is 1. The Kier molecular flexibility index (Phi) is 4.01. The second kappa shape index (κ2) is 5.07. The number of primary amides is 1. The quantitative estimate of drug-likeness (QED) is 0.783. The molecule has 0 spiro atoms. The average molecular weight is 221 g/mol. The molecule has 0 aliphatic heterocycles. The lowest BCUT2D eigenvalue weighted by atomic mass is 10.0. The number of rotatable bonds is 5. The van der Waals surface area contributed by atoms with Gasteiger partial charge in [-0.25, -0.2) is 0 Å². The molecule has 0 unspecified atom stereocenters. The zero-order valence-corrected chi connectivity index (χ0v) is 10.1. The van der Waals surface area contributed by atoms with E-state index in [-0.39, 0.29) is 11.4 Å². The van der Waals surface area contributed by atoms with Crippen molar-refractivity contribution >= 4 is 5.91 Å². The van der Waals surface area contributed by atoms with E-state index in [4.69, 9.17) is 5.73 Å². The van der Waals surface area contributed by atoms with Crippen LogP contribution in [0.5, 0.6) is 0 Å². The lowest BCUT2D eigenvalue weighted by molar-refractivity contribution is -0.119. The van der Waals surface area contributed by atoms with Crippen LogP contribution in [0.25, 0.3) is 0 Å². The lowest BCUT2D eigenvalue weighted by Crippen LogP contribution is -2.42. The highest BCUT2D eigenvalue weighted by atomic mass is 16.1. The maximum absolute atomic E-state index is 10.8. The molecule has 16 heavy (non-hydrogen) atoms. The molecule has 1 heterocycles. The Balaban J connectivity index is 2.54. The summed E-state index contributed by atoms with van der Waals surface area (Å²) in [6, 6.07) is 5.89. The van der Waals surface area contributed by atoms with Gasteiger partial charge in [0.2, 0.25) is 5.91 Å². The summed E-state index contributed by atoms with van der Waals surface area (Å²) in [5.74, 6) is -0.297. The molecule has 1 aromatic rings. The minimum atomic E-state index is -0.297. The summed E-state index contributed by atoms with van der Waals surface area (Å²) in [5.41, 5.74) is 6.85. The van der Waals surface area contributed by atoms with E-state index < -0.39 is 0 Å². The number of pyridine rings is 1. The first-order valence-electron chi connectivity index (χ1n) is 5.35. The second-order valence-corrected chi connectivity index (χ2v) is 4.65. The molecule has 1 amide bonds. The molecule has 0 bridgehead atoms. The van der Waals surface area contributed by atoms with Gasteiger partial charge in [-0.15, -0.1) is 0 Å². The molecule has 1 aromatic heterocycles. The van der Waals surface area contributed by atoms with Gasteiger partial charge in [0.1, 0.15) is 0 Å². The van der Waals surface area contributed by atoms with Crippen LogP contribution in [0.3, 0.4) is 0 Å². The molecule has 0 aliphatic carbocycles. The fourth-order valence-electron chi connectivity index (χ4n) is 1.53. The van der Waals surface area contributed by atoms with Gasteiger partial charge >= 0.3 is 0 Å². The zero-order valence-electron chi connectivity index (χ0n) is 10.1. The summed E-state index contributed by atoms with van der Waals surface area (Å²) in [7, 11) is 0. The summed E-state index contributed by atoms with van der Waals surface area (Å²) in [4.78, 5) is 15.2. The normalized spacial score (nSPS) is 11.4. The van der Waals surface area contributed by atoms with Crippen LogP contribution >= 0.6 is 0 Å². The van der Waals surface area contributed by atoms with E-state index in [9.17, 15) is 4.79 Å². The van der Waals surface area contributed by atoms with Gasteiger partial charge in [0.05, 0.1) is 5.69 Å². The fraction of sp³-hybridized carbons (Fsp3) is 0.500. The van der Waals surface area contributed by atoms with E-state index in [0.29, 0.717) is 13.0 Å². The Morgan fingerprint density at radius 2 is 2.19 bits per heavy atom. The second-order valence-electron chi connectivity index (χ2n) is 4.65. The molecule has 0 atom stereocenters. The maximum atomic E-state index is 10.8. The first-order valence-corrected chi connectivity index (χ1v) is 5.35. The van der Waals surface area contributed by atoms with Crippen molar-refractivity contribution in [1.29, 1.82) is 0 Å². The third kappa shape index (κ3) is 4.40. The van der Waals surface area contributed by atoms with E-state index in [0.717, 1.165) is 11.4 Å². The average Bonchev–Trinajstić information content (AvgIpc) is 2.13. The number of nitrogens with one attached hydrogen (secondary N) is 1. The van der Waals surface area contributed by atoms with Gasteiger partial charge in [0, 0.05) is 24.2 Å².